The van der Waals surface area contributed by atoms with E-state index in [1.165, 1.54) is 11.3 Å². The summed E-state index contributed by atoms with van der Waals surface area (Å²) in [7, 11) is 0. The third kappa shape index (κ3) is 5.82. The Morgan fingerprint density at radius 2 is 2.10 bits per heavy atom. The maximum absolute atomic E-state index is 13.0. The van der Waals surface area contributed by atoms with E-state index in [1.54, 1.807) is 16.2 Å². The van der Waals surface area contributed by atoms with Crippen LogP contribution in [0.3, 0.4) is 0 Å². The van der Waals surface area contributed by atoms with Crippen molar-refractivity contribution in [2.24, 2.45) is 5.92 Å². The molecule has 1 atom stereocenters. The Kier molecular flexibility index (Phi) is 7.18. The van der Waals surface area contributed by atoms with Gasteiger partial charge in [0.05, 0.1) is 4.88 Å². The van der Waals surface area contributed by atoms with E-state index in [1.807, 2.05) is 62.4 Å². The summed E-state index contributed by atoms with van der Waals surface area (Å²) in [5.74, 6) is 0.208. The Hall–Kier alpha value is -1.93. The first kappa shape index (κ1) is 22.7. The van der Waals surface area contributed by atoms with Gasteiger partial charge in [0.25, 0.3) is 5.91 Å². The highest BCUT2D eigenvalue weighted by atomic mass is 32.1. The molecule has 0 aliphatic carbocycles. The second kappa shape index (κ2) is 9.47. The van der Waals surface area contributed by atoms with Gasteiger partial charge in [-0.25, -0.2) is 9.78 Å². The number of carbonyl (C=O) groups excluding carboxylic acids is 2. The van der Waals surface area contributed by atoms with E-state index >= 15 is 0 Å². The number of aromatic nitrogens is 1. The third-order valence-electron chi connectivity index (χ3n) is 4.97. The van der Waals surface area contributed by atoms with Crippen LogP contribution in [0, 0.1) is 5.92 Å². The van der Waals surface area contributed by atoms with Gasteiger partial charge in [0.15, 0.2) is 0 Å². The van der Waals surface area contributed by atoms with Crippen molar-refractivity contribution in [1.29, 1.82) is 0 Å². The van der Waals surface area contributed by atoms with Crippen LogP contribution < -0.4 is 0 Å². The van der Waals surface area contributed by atoms with E-state index in [4.69, 9.17) is 4.74 Å². The molecular formula is C22H31N3O3S2. The molecule has 8 heteroatoms. The molecular weight excluding hydrogens is 418 g/mol. The average Bonchev–Trinajstić information content (AvgIpc) is 3.35. The number of piperidine rings is 1. The van der Waals surface area contributed by atoms with E-state index in [-0.39, 0.29) is 24.0 Å². The van der Waals surface area contributed by atoms with Crippen molar-refractivity contribution in [2.45, 2.75) is 59.1 Å². The van der Waals surface area contributed by atoms with Crippen molar-refractivity contribution in [3.63, 3.8) is 0 Å². The van der Waals surface area contributed by atoms with Gasteiger partial charge in [-0.15, -0.1) is 22.7 Å². The molecule has 2 aromatic heterocycles. The second-order valence-electron chi connectivity index (χ2n) is 9.00. The molecule has 2 amide bonds. The molecule has 1 saturated heterocycles. The number of amides is 2. The molecule has 3 rings (SSSR count). The summed E-state index contributed by atoms with van der Waals surface area (Å²) in [6.45, 7) is 11.6. The lowest BCUT2D eigenvalue weighted by atomic mass is 9.96. The van der Waals surface area contributed by atoms with Gasteiger partial charge in [-0.3, -0.25) is 4.79 Å². The lowest BCUT2D eigenvalue weighted by Gasteiger charge is -2.37. The fraction of sp³-hybridized carbons (Fsp3) is 0.591. The minimum atomic E-state index is -0.524. The quantitative estimate of drug-likeness (QED) is 0.616. The largest absolute Gasteiger partial charge is 0.444 e. The molecule has 0 aromatic carbocycles. The van der Waals surface area contributed by atoms with Gasteiger partial charge < -0.3 is 14.5 Å². The molecule has 164 valence electrons. The zero-order valence-electron chi connectivity index (χ0n) is 18.4. The molecule has 3 heterocycles. The summed E-state index contributed by atoms with van der Waals surface area (Å²) < 4.78 is 5.58. The molecule has 0 saturated carbocycles. The van der Waals surface area contributed by atoms with Crippen molar-refractivity contribution < 1.29 is 14.3 Å². The Bertz CT molecular complexity index is 855. The lowest BCUT2D eigenvalue weighted by Crippen LogP contribution is -2.48. The topological polar surface area (TPSA) is 62.7 Å². The first-order valence-electron chi connectivity index (χ1n) is 10.4. The maximum atomic E-state index is 13.0. The first-order chi connectivity index (χ1) is 14.1. The zero-order valence-corrected chi connectivity index (χ0v) is 20.0. The van der Waals surface area contributed by atoms with Crippen LogP contribution in [0.5, 0.6) is 0 Å². The van der Waals surface area contributed by atoms with Crippen LogP contribution in [0.4, 0.5) is 4.79 Å². The van der Waals surface area contributed by atoms with Crippen LogP contribution in [-0.4, -0.2) is 58.1 Å². The minimum Gasteiger partial charge on any atom is -0.444 e. The van der Waals surface area contributed by atoms with Crippen molar-refractivity contribution in [3.05, 3.63) is 28.6 Å². The molecule has 6 nitrogen and oxygen atoms in total. The second-order valence-corrected chi connectivity index (χ2v) is 10.8. The lowest BCUT2D eigenvalue weighted by molar-refractivity contribution is 0.0123. The molecule has 30 heavy (non-hydrogen) atoms. The first-order valence-corrected chi connectivity index (χ1v) is 12.2. The standard InChI is InChI=1S/C22H31N3O3S2/c1-15(2)25(21(27)28-22(3,4)5)13-16-8-6-10-24(12-16)20(26)17-14-30-19(23-17)18-9-7-11-29-18/h7,9,11,14-16H,6,8,10,12-13H2,1-5H3. The van der Waals surface area contributed by atoms with Gasteiger partial charge in [0.1, 0.15) is 16.3 Å². The minimum absolute atomic E-state index is 0.0212. The number of ether oxygens (including phenoxy) is 1. The van der Waals surface area contributed by atoms with Crippen molar-refractivity contribution in [2.75, 3.05) is 19.6 Å². The highest BCUT2D eigenvalue weighted by Gasteiger charge is 2.31. The number of hydrogen-bond acceptors (Lipinski definition) is 6. The van der Waals surface area contributed by atoms with E-state index in [0.29, 0.717) is 18.8 Å². The number of likely N-dealkylation sites (tertiary alicyclic amines) is 1. The zero-order chi connectivity index (χ0) is 21.9. The summed E-state index contributed by atoms with van der Waals surface area (Å²) in [5.41, 5.74) is -0.0131. The smallest absolute Gasteiger partial charge is 0.410 e. The van der Waals surface area contributed by atoms with Crippen LogP contribution in [0.1, 0.15) is 57.9 Å². The Balaban J connectivity index is 1.64. The molecule has 0 bridgehead atoms. The van der Waals surface area contributed by atoms with E-state index in [2.05, 4.69) is 4.98 Å². The molecule has 0 radical (unpaired) electrons. The van der Waals surface area contributed by atoms with Crippen LogP contribution in [0.2, 0.25) is 0 Å². The van der Waals surface area contributed by atoms with Gasteiger partial charge in [0.2, 0.25) is 0 Å². The SMILES string of the molecule is CC(C)N(CC1CCCN(C(=O)c2csc(-c3cccs3)n2)C1)C(=O)OC(C)(C)C. The number of hydrogen-bond donors (Lipinski definition) is 0. The summed E-state index contributed by atoms with van der Waals surface area (Å²) in [6, 6.07) is 4.05. The van der Waals surface area contributed by atoms with Crippen LogP contribution in [-0.2, 0) is 4.74 Å². The normalized spacial score (nSPS) is 17.3. The molecule has 0 N–H and O–H groups in total. The van der Waals surface area contributed by atoms with Gasteiger partial charge in [0, 0.05) is 31.1 Å². The highest BCUT2D eigenvalue weighted by molar-refractivity contribution is 7.20. The molecule has 1 unspecified atom stereocenters. The summed E-state index contributed by atoms with van der Waals surface area (Å²) in [4.78, 5) is 35.0. The Morgan fingerprint density at radius 1 is 1.33 bits per heavy atom. The monoisotopic (exact) mass is 449 g/mol. The summed E-state index contributed by atoms with van der Waals surface area (Å²) >= 11 is 3.13. The molecule has 1 aliphatic rings. The van der Waals surface area contributed by atoms with Gasteiger partial charge in [-0.1, -0.05) is 6.07 Å². The van der Waals surface area contributed by atoms with Crippen LogP contribution >= 0.6 is 22.7 Å². The molecule has 0 spiro atoms. The van der Waals surface area contributed by atoms with Gasteiger partial charge in [-0.2, -0.15) is 0 Å². The van der Waals surface area contributed by atoms with Gasteiger partial charge >= 0.3 is 6.09 Å². The number of nitrogens with zero attached hydrogens (tertiary/aromatic N) is 3. The number of thiazole rings is 1. The predicted molar refractivity (Wildman–Crippen MR) is 122 cm³/mol. The number of rotatable bonds is 5. The molecule has 1 aliphatic heterocycles. The number of thiophene rings is 1. The van der Waals surface area contributed by atoms with E-state index < -0.39 is 5.60 Å². The predicted octanol–water partition coefficient (Wildman–Crippen LogP) is 5.37. The van der Waals surface area contributed by atoms with Gasteiger partial charge in [-0.05, 0) is 64.8 Å². The van der Waals surface area contributed by atoms with Crippen molar-refractivity contribution >= 4 is 34.7 Å². The Labute approximate surface area is 186 Å². The summed E-state index contributed by atoms with van der Waals surface area (Å²) in [5, 5.41) is 4.75. The average molecular weight is 450 g/mol. The fourth-order valence-corrected chi connectivity index (χ4v) is 5.15. The van der Waals surface area contributed by atoms with Crippen LogP contribution in [0.25, 0.3) is 9.88 Å². The van der Waals surface area contributed by atoms with Crippen LogP contribution in [0.15, 0.2) is 22.9 Å². The highest BCUT2D eigenvalue weighted by Crippen LogP contribution is 2.29. The van der Waals surface area contributed by atoms with E-state index in [0.717, 1.165) is 29.3 Å². The maximum Gasteiger partial charge on any atom is 0.410 e. The molecule has 1 fully saturated rings. The summed E-state index contributed by atoms with van der Waals surface area (Å²) in [6.07, 6.45) is 1.63. The third-order valence-corrected chi connectivity index (χ3v) is 6.85. The molecule has 2 aromatic rings. The fourth-order valence-electron chi connectivity index (χ4n) is 3.54. The van der Waals surface area contributed by atoms with Crippen molar-refractivity contribution in [1.82, 2.24) is 14.8 Å². The number of carbonyl (C=O) groups is 2. The van der Waals surface area contributed by atoms with Crippen molar-refractivity contribution in [3.8, 4) is 9.88 Å². The van der Waals surface area contributed by atoms with E-state index in [9.17, 15) is 9.59 Å². The Morgan fingerprint density at radius 3 is 2.73 bits per heavy atom.